The number of nitrogens with two attached hydrogens (primary N) is 2. The Morgan fingerprint density at radius 1 is 0.667 bits per heavy atom. The van der Waals surface area contributed by atoms with Gasteiger partial charge in [0.15, 0.2) is 0 Å². The largest absolute Gasteiger partial charge is 0.493 e. The molecule has 0 spiro atoms. The van der Waals surface area contributed by atoms with Crippen molar-refractivity contribution in [2.24, 2.45) is 11.5 Å². The maximum Gasteiger partial charge on any atom is 0.119 e. The molecule has 0 fully saturated rings. The predicted molar refractivity (Wildman–Crippen MR) is 109 cm³/mol. The highest BCUT2D eigenvalue weighted by Gasteiger charge is 2.00. The molecule has 2 aromatic rings. The quantitative estimate of drug-likeness (QED) is 0.261. The molecule has 0 saturated carbocycles. The highest BCUT2D eigenvalue weighted by atomic mass is 16.5. The third-order valence-corrected chi connectivity index (χ3v) is 4.04. The highest BCUT2D eigenvalue weighted by molar-refractivity contribution is 5.77. The van der Waals surface area contributed by atoms with E-state index in [-0.39, 0.29) is 11.7 Å². The maximum absolute atomic E-state index is 7.25. The van der Waals surface area contributed by atoms with Crippen LogP contribution in [0.1, 0.15) is 30.4 Å². The SMILES string of the molecule is N=C(N)CCc1ccc(OCCCOc2ccc(CCC(=N)N)cc2)cc1. The minimum atomic E-state index is 0.209. The molecule has 0 aliphatic rings. The first-order valence-electron chi connectivity index (χ1n) is 9.12. The first kappa shape index (κ1) is 20.3. The number of hydrogen-bond donors (Lipinski definition) is 4. The van der Waals surface area contributed by atoms with Crippen molar-refractivity contribution in [1.29, 1.82) is 10.8 Å². The van der Waals surface area contributed by atoms with Gasteiger partial charge in [-0.15, -0.1) is 0 Å². The lowest BCUT2D eigenvalue weighted by Gasteiger charge is -2.09. The minimum Gasteiger partial charge on any atom is -0.493 e. The Kier molecular flexibility index (Phi) is 8.16. The molecule has 0 heterocycles. The molecule has 0 unspecified atom stereocenters. The van der Waals surface area contributed by atoms with E-state index in [1.165, 1.54) is 0 Å². The third kappa shape index (κ3) is 8.27. The zero-order chi connectivity index (χ0) is 19.5. The van der Waals surface area contributed by atoms with Crippen LogP contribution in [0.15, 0.2) is 48.5 Å². The molecule has 6 heteroatoms. The number of rotatable bonds is 12. The summed E-state index contributed by atoms with van der Waals surface area (Å²) >= 11 is 0. The van der Waals surface area contributed by atoms with Gasteiger partial charge in [-0.05, 0) is 48.2 Å². The lowest BCUT2D eigenvalue weighted by atomic mass is 10.1. The van der Waals surface area contributed by atoms with Gasteiger partial charge >= 0.3 is 0 Å². The number of benzene rings is 2. The molecule has 0 aliphatic carbocycles. The number of ether oxygens (including phenoxy) is 2. The van der Waals surface area contributed by atoms with Crippen molar-refractivity contribution in [3.05, 3.63) is 59.7 Å². The topological polar surface area (TPSA) is 118 Å². The van der Waals surface area contributed by atoms with Crippen molar-refractivity contribution in [2.75, 3.05) is 13.2 Å². The van der Waals surface area contributed by atoms with Gasteiger partial charge in [0.25, 0.3) is 0 Å². The van der Waals surface area contributed by atoms with E-state index in [4.69, 9.17) is 31.8 Å². The Morgan fingerprint density at radius 3 is 1.37 bits per heavy atom. The summed E-state index contributed by atoms with van der Waals surface area (Å²) in [6.07, 6.45) is 3.50. The van der Waals surface area contributed by atoms with Gasteiger partial charge in [-0.2, -0.15) is 0 Å². The predicted octanol–water partition coefficient (Wildman–Crippen LogP) is 3.27. The van der Waals surface area contributed by atoms with Crippen LogP contribution in [0.4, 0.5) is 0 Å². The van der Waals surface area contributed by atoms with Crippen LogP contribution in [0, 0.1) is 10.8 Å². The monoisotopic (exact) mass is 368 g/mol. The smallest absolute Gasteiger partial charge is 0.119 e. The average Bonchev–Trinajstić information content (AvgIpc) is 2.66. The van der Waals surface area contributed by atoms with Gasteiger partial charge in [-0.1, -0.05) is 24.3 Å². The highest BCUT2D eigenvalue weighted by Crippen LogP contribution is 2.15. The average molecular weight is 368 g/mol. The molecule has 0 aromatic heterocycles. The molecule has 144 valence electrons. The van der Waals surface area contributed by atoms with Gasteiger partial charge in [0, 0.05) is 19.3 Å². The van der Waals surface area contributed by atoms with Crippen LogP contribution >= 0.6 is 0 Å². The fourth-order valence-electron chi connectivity index (χ4n) is 2.50. The van der Waals surface area contributed by atoms with Crippen molar-refractivity contribution in [3.63, 3.8) is 0 Å². The molecule has 2 rings (SSSR count). The van der Waals surface area contributed by atoms with E-state index in [1.54, 1.807) is 0 Å². The zero-order valence-corrected chi connectivity index (χ0v) is 15.5. The van der Waals surface area contributed by atoms with Crippen molar-refractivity contribution in [2.45, 2.75) is 32.1 Å². The fourth-order valence-corrected chi connectivity index (χ4v) is 2.50. The Balaban J connectivity index is 1.62. The zero-order valence-electron chi connectivity index (χ0n) is 15.5. The first-order valence-corrected chi connectivity index (χ1v) is 9.12. The maximum atomic E-state index is 7.25. The summed E-state index contributed by atoms with van der Waals surface area (Å²) in [5, 5.41) is 14.5. The van der Waals surface area contributed by atoms with Crippen molar-refractivity contribution in [3.8, 4) is 11.5 Å². The molecule has 0 aliphatic heterocycles. The van der Waals surface area contributed by atoms with E-state index in [9.17, 15) is 0 Å². The lowest BCUT2D eigenvalue weighted by molar-refractivity contribution is 0.247. The van der Waals surface area contributed by atoms with Gasteiger partial charge in [-0.3, -0.25) is 10.8 Å². The molecule has 0 amide bonds. The summed E-state index contributed by atoms with van der Waals surface area (Å²) in [6, 6.07) is 15.8. The summed E-state index contributed by atoms with van der Waals surface area (Å²) in [5.74, 6) is 2.08. The normalized spacial score (nSPS) is 10.4. The number of nitrogens with one attached hydrogen (secondary N) is 2. The van der Waals surface area contributed by atoms with E-state index < -0.39 is 0 Å². The second-order valence-corrected chi connectivity index (χ2v) is 6.39. The molecule has 0 atom stereocenters. The van der Waals surface area contributed by atoms with E-state index in [0.717, 1.165) is 41.9 Å². The summed E-state index contributed by atoms with van der Waals surface area (Å²) < 4.78 is 11.4. The van der Waals surface area contributed by atoms with Crippen molar-refractivity contribution >= 4 is 11.7 Å². The number of aryl methyl sites for hydroxylation is 2. The second-order valence-electron chi connectivity index (χ2n) is 6.39. The number of hydrogen-bond acceptors (Lipinski definition) is 4. The van der Waals surface area contributed by atoms with Crippen LogP contribution in [0.3, 0.4) is 0 Å². The van der Waals surface area contributed by atoms with Gasteiger partial charge < -0.3 is 20.9 Å². The lowest BCUT2D eigenvalue weighted by Crippen LogP contribution is -2.10. The fraction of sp³-hybridized carbons (Fsp3) is 0.333. The van der Waals surface area contributed by atoms with E-state index >= 15 is 0 Å². The molecular formula is C21H28N4O2. The second kappa shape index (κ2) is 10.9. The van der Waals surface area contributed by atoms with Crippen LogP contribution in [0.25, 0.3) is 0 Å². The van der Waals surface area contributed by atoms with Crippen LogP contribution in [0.2, 0.25) is 0 Å². The standard InChI is InChI=1S/C21H28N4O2/c22-20(23)12-6-16-2-8-18(9-3-16)26-14-1-15-27-19-10-4-17(5-11-19)7-13-21(24)25/h2-5,8-11H,1,6-7,12-15H2,(H3,22,23)(H3,24,25). The van der Waals surface area contributed by atoms with Crippen LogP contribution in [-0.4, -0.2) is 24.9 Å². The molecule has 6 nitrogen and oxygen atoms in total. The Morgan fingerprint density at radius 2 is 1.04 bits per heavy atom. The van der Waals surface area contributed by atoms with Gasteiger partial charge in [0.05, 0.1) is 24.9 Å². The first-order chi connectivity index (χ1) is 13.0. The Hall–Kier alpha value is -3.02. The molecule has 0 bridgehead atoms. The summed E-state index contributed by atoms with van der Waals surface area (Å²) in [4.78, 5) is 0. The molecule has 6 N–H and O–H groups in total. The molecule has 2 aromatic carbocycles. The number of amidine groups is 2. The molecule has 0 radical (unpaired) electrons. The van der Waals surface area contributed by atoms with E-state index in [0.29, 0.717) is 26.1 Å². The van der Waals surface area contributed by atoms with Gasteiger partial charge in [-0.25, -0.2) is 0 Å². The Labute approximate surface area is 160 Å². The van der Waals surface area contributed by atoms with E-state index in [1.807, 2.05) is 48.5 Å². The van der Waals surface area contributed by atoms with Crippen LogP contribution < -0.4 is 20.9 Å². The van der Waals surface area contributed by atoms with Gasteiger partial charge in [0.1, 0.15) is 11.5 Å². The van der Waals surface area contributed by atoms with E-state index in [2.05, 4.69) is 0 Å². The molecular weight excluding hydrogens is 340 g/mol. The van der Waals surface area contributed by atoms with Crippen molar-refractivity contribution in [1.82, 2.24) is 0 Å². The van der Waals surface area contributed by atoms with Crippen molar-refractivity contribution < 1.29 is 9.47 Å². The van der Waals surface area contributed by atoms with Crippen LogP contribution in [0.5, 0.6) is 11.5 Å². The Bertz CT molecular complexity index is 663. The minimum absolute atomic E-state index is 0.209. The summed E-state index contributed by atoms with van der Waals surface area (Å²) in [7, 11) is 0. The third-order valence-electron chi connectivity index (χ3n) is 4.04. The molecule has 27 heavy (non-hydrogen) atoms. The van der Waals surface area contributed by atoms with Crippen LogP contribution in [-0.2, 0) is 12.8 Å². The molecule has 0 saturated heterocycles. The summed E-state index contributed by atoms with van der Waals surface area (Å²) in [5.41, 5.74) is 13.0. The van der Waals surface area contributed by atoms with Gasteiger partial charge in [0.2, 0.25) is 0 Å². The summed E-state index contributed by atoms with van der Waals surface area (Å²) in [6.45, 7) is 1.17.